The van der Waals surface area contributed by atoms with Crippen molar-refractivity contribution in [1.29, 1.82) is 0 Å². The van der Waals surface area contributed by atoms with Crippen LogP contribution >= 0.6 is 0 Å². The van der Waals surface area contributed by atoms with E-state index in [0.717, 1.165) is 37.4 Å². The van der Waals surface area contributed by atoms with E-state index in [1.165, 1.54) is 0 Å². The molecule has 2 aromatic heterocycles. The maximum absolute atomic E-state index is 11.3. The van der Waals surface area contributed by atoms with Gasteiger partial charge in [0.05, 0.1) is 11.9 Å². The molecule has 0 N–H and O–H groups in total. The first-order chi connectivity index (χ1) is 9.74. The van der Waals surface area contributed by atoms with E-state index in [2.05, 4.69) is 15.0 Å². The van der Waals surface area contributed by atoms with Crippen molar-refractivity contribution in [3.8, 4) is 5.82 Å². The number of imidazole rings is 1. The molecule has 0 bridgehead atoms. The molecule has 0 saturated carbocycles. The van der Waals surface area contributed by atoms with Crippen molar-refractivity contribution >= 4 is 5.91 Å². The number of nitrogens with zero attached hydrogens (tertiary/aromatic N) is 5. The number of carbonyl (C=O) groups excluding carboxylic acids is 1. The van der Waals surface area contributed by atoms with E-state index in [9.17, 15) is 4.79 Å². The van der Waals surface area contributed by atoms with Crippen molar-refractivity contribution in [3.05, 3.63) is 36.8 Å². The number of carbonyl (C=O) groups is 1. The van der Waals surface area contributed by atoms with Crippen LogP contribution in [0.25, 0.3) is 5.82 Å². The Balaban J connectivity index is 1.75. The van der Waals surface area contributed by atoms with E-state index < -0.39 is 0 Å². The molecule has 1 amide bonds. The summed E-state index contributed by atoms with van der Waals surface area (Å²) < 4.78 is 1.85. The molecule has 0 atom stereocenters. The highest BCUT2D eigenvalue weighted by atomic mass is 16.2. The standard InChI is InChI=1S/C14H17N5O/c1-11(20)18-5-2-12(3-6-18)13-8-16-9-14(17-13)19-7-4-15-10-19/h4,7-10,12H,2-3,5-6H2,1H3. The Morgan fingerprint density at radius 2 is 2.05 bits per heavy atom. The summed E-state index contributed by atoms with van der Waals surface area (Å²) in [4.78, 5) is 26.2. The van der Waals surface area contributed by atoms with Crippen molar-refractivity contribution in [2.24, 2.45) is 0 Å². The minimum atomic E-state index is 0.154. The Bertz CT molecular complexity index is 587. The minimum absolute atomic E-state index is 0.154. The van der Waals surface area contributed by atoms with Crippen LogP contribution in [0, 0.1) is 0 Å². The highest BCUT2D eigenvalue weighted by Gasteiger charge is 2.23. The van der Waals surface area contributed by atoms with Gasteiger partial charge in [-0.25, -0.2) is 9.97 Å². The highest BCUT2D eigenvalue weighted by molar-refractivity contribution is 5.73. The van der Waals surface area contributed by atoms with Gasteiger partial charge in [-0.15, -0.1) is 0 Å². The van der Waals surface area contributed by atoms with Gasteiger partial charge in [-0.05, 0) is 12.8 Å². The fraction of sp³-hybridized carbons (Fsp3) is 0.429. The normalized spacial score (nSPS) is 16.4. The topological polar surface area (TPSA) is 63.9 Å². The van der Waals surface area contributed by atoms with Crippen LogP contribution in [-0.2, 0) is 4.79 Å². The third-order valence-corrected chi connectivity index (χ3v) is 3.77. The number of aromatic nitrogens is 4. The molecule has 1 saturated heterocycles. The van der Waals surface area contributed by atoms with Crippen LogP contribution in [0.2, 0.25) is 0 Å². The molecule has 0 radical (unpaired) electrons. The molecule has 6 nitrogen and oxygen atoms in total. The molecule has 0 aromatic carbocycles. The first-order valence-corrected chi connectivity index (χ1v) is 6.80. The van der Waals surface area contributed by atoms with Crippen LogP contribution in [0.4, 0.5) is 0 Å². The molecule has 1 aliphatic heterocycles. The molecular formula is C14H17N5O. The molecular weight excluding hydrogens is 254 g/mol. The molecule has 20 heavy (non-hydrogen) atoms. The number of hydrogen-bond donors (Lipinski definition) is 0. The third-order valence-electron chi connectivity index (χ3n) is 3.77. The van der Waals surface area contributed by atoms with E-state index in [1.54, 1.807) is 25.6 Å². The van der Waals surface area contributed by atoms with Gasteiger partial charge in [0.1, 0.15) is 6.33 Å². The van der Waals surface area contributed by atoms with Crippen LogP contribution in [0.5, 0.6) is 0 Å². The lowest BCUT2D eigenvalue weighted by atomic mass is 9.94. The SMILES string of the molecule is CC(=O)N1CCC(c2cncc(-n3ccnc3)n2)CC1. The predicted octanol–water partition coefficient (Wildman–Crippen LogP) is 1.39. The van der Waals surface area contributed by atoms with E-state index >= 15 is 0 Å². The summed E-state index contributed by atoms with van der Waals surface area (Å²) in [5, 5.41) is 0. The second-order valence-electron chi connectivity index (χ2n) is 5.05. The number of piperidine rings is 1. The van der Waals surface area contributed by atoms with Crippen molar-refractivity contribution < 1.29 is 4.79 Å². The lowest BCUT2D eigenvalue weighted by Gasteiger charge is -2.30. The van der Waals surface area contributed by atoms with Crippen LogP contribution in [0.15, 0.2) is 31.1 Å². The average Bonchev–Trinajstić information content (AvgIpc) is 3.02. The number of amides is 1. The zero-order valence-corrected chi connectivity index (χ0v) is 11.4. The van der Waals surface area contributed by atoms with E-state index in [0.29, 0.717) is 5.92 Å². The monoisotopic (exact) mass is 271 g/mol. The average molecular weight is 271 g/mol. The van der Waals surface area contributed by atoms with E-state index in [1.807, 2.05) is 21.9 Å². The summed E-state index contributed by atoms with van der Waals surface area (Å²) in [6, 6.07) is 0. The number of likely N-dealkylation sites (tertiary alicyclic amines) is 1. The molecule has 2 aromatic rings. The van der Waals surface area contributed by atoms with Gasteiger partial charge in [-0.2, -0.15) is 0 Å². The van der Waals surface area contributed by atoms with Crippen LogP contribution < -0.4 is 0 Å². The Labute approximate surface area is 117 Å². The molecule has 3 heterocycles. The van der Waals surface area contributed by atoms with Crippen molar-refractivity contribution in [2.75, 3.05) is 13.1 Å². The van der Waals surface area contributed by atoms with Gasteiger partial charge in [-0.1, -0.05) is 0 Å². The first-order valence-electron chi connectivity index (χ1n) is 6.80. The minimum Gasteiger partial charge on any atom is -0.343 e. The van der Waals surface area contributed by atoms with Gasteiger partial charge >= 0.3 is 0 Å². The number of rotatable bonds is 2. The maximum atomic E-state index is 11.3. The molecule has 0 unspecified atom stereocenters. The van der Waals surface area contributed by atoms with Gasteiger partial charge in [0, 0.05) is 44.5 Å². The number of hydrogen-bond acceptors (Lipinski definition) is 4. The molecule has 0 aliphatic carbocycles. The lowest BCUT2D eigenvalue weighted by Crippen LogP contribution is -2.36. The summed E-state index contributed by atoms with van der Waals surface area (Å²) in [6.07, 6.45) is 10.7. The molecule has 6 heteroatoms. The van der Waals surface area contributed by atoms with Gasteiger partial charge < -0.3 is 4.90 Å². The quantitative estimate of drug-likeness (QED) is 0.828. The summed E-state index contributed by atoms with van der Waals surface area (Å²) >= 11 is 0. The van der Waals surface area contributed by atoms with Crippen molar-refractivity contribution in [2.45, 2.75) is 25.7 Å². The first kappa shape index (κ1) is 12.8. The summed E-state index contributed by atoms with van der Waals surface area (Å²) in [6.45, 7) is 3.23. The Hall–Kier alpha value is -2.24. The van der Waals surface area contributed by atoms with E-state index in [-0.39, 0.29) is 5.91 Å². The Morgan fingerprint density at radius 3 is 2.70 bits per heavy atom. The predicted molar refractivity (Wildman–Crippen MR) is 73.4 cm³/mol. The molecule has 1 aliphatic rings. The molecule has 1 fully saturated rings. The fourth-order valence-electron chi connectivity index (χ4n) is 2.58. The molecule has 3 rings (SSSR count). The zero-order chi connectivity index (χ0) is 13.9. The molecule has 104 valence electrons. The van der Waals surface area contributed by atoms with Gasteiger partial charge in [0.2, 0.25) is 5.91 Å². The lowest BCUT2D eigenvalue weighted by molar-refractivity contribution is -0.129. The summed E-state index contributed by atoms with van der Waals surface area (Å²) in [5.41, 5.74) is 0.999. The third kappa shape index (κ3) is 2.54. The Kier molecular flexibility index (Phi) is 3.45. The van der Waals surface area contributed by atoms with Crippen LogP contribution in [-0.4, -0.2) is 43.4 Å². The van der Waals surface area contributed by atoms with Crippen LogP contribution in [0.1, 0.15) is 31.4 Å². The second kappa shape index (κ2) is 5.40. The van der Waals surface area contributed by atoms with Gasteiger partial charge in [0.15, 0.2) is 5.82 Å². The fourth-order valence-corrected chi connectivity index (χ4v) is 2.58. The van der Waals surface area contributed by atoms with Crippen molar-refractivity contribution in [3.63, 3.8) is 0 Å². The highest BCUT2D eigenvalue weighted by Crippen LogP contribution is 2.26. The van der Waals surface area contributed by atoms with Gasteiger partial charge in [0.25, 0.3) is 0 Å². The van der Waals surface area contributed by atoms with Gasteiger partial charge in [-0.3, -0.25) is 14.3 Å². The second-order valence-corrected chi connectivity index (χ2v) is 5.05. The zero-order valence-electron chi connectivity index (χ0n) is 11.4. The maximum Gasteiger partial charge on any atom is 0.219 e. The van der Waals surface area contributed by atoms with Crippen molar-refractivity contribution in [1.82, 2.24) is 24.4 Å². The van der Waals surface area contributed by atoms with Crippen LogP contribution in [0.3, 0.4) is 0 Å². The summed E-state index contributed by atoms with van der Waals surface area (Å²) in [5.74, 6) is 1.32. The van der Waals surface area contributed by atoms with E-state index in [4.69, 9.17) is 0 Å². The summed E-state index contributed by atoms with van der Waals surface area (Å²) in [7, 11) is 0. The Morgan fingerprint density at radius 1 is 1.25 bits per heavy atom. The largest absolute Gasteiger partial charge is 0.343 e. The smallest absolute Gasteiger partial charge is 0.219 e. The molecule has 0 spiro atoms.